The molecule has 1 rings (SSSR count). The van der Waals surface area contributed by atoms with Crippen LogP contribution in [0, 0.1) is 11.3 Å². The van der Waals surface area contributed by atoms with Crippen LogP contribution in [0.2, 0.25) is 0 Å². The minimum absolute atomic E-state index is 0.113. The first-order valence-corrected chi connectivity index (χ1v) is 4.48. The van der Waals surface area contributed by atoms with Gasteiger partial charge in [0.1, 0.15) is 10.6 Å². The molecule has 0 aliphatic carbocycles. The molecule has 0 aromatic heterocycles. The van der Waals surface area contributed by atoms with Crippen molar-refractivity contribution in [2.45, 2.75) is 4.90 Å². The Bertz CT molecular complexity index is 383. The lowest BCUT2D eigenvalue weighted by Gasteiger charge is -2.03. The number of nitrogens with zero attached hydrogens (tertiary/aromatic N) is 1. The Morgan fingerprint density at radius 1 is 1.62 bits per heavy atom. The maximum atomic E-state index is 10.8. The van der Waals surface area contributed by atoms with Crippen molar-refractivity contribution >= 4 is 11.1 Å². The summed E-state index contributed by atoms with van der Waals surface area (Å²) in [6.07, 6.45) is 0. The maximum absolute atomic E-state index is 10.8. The molecule has 0 amide bonds. The van der Waals surface area contributed by atoms with Gasteiger partial charge in [-0.15, -0.1) is 0 Å². The Kier molecular flexibility index (Phi) is 3.01. The molecule has 1 unspecified atom stereocenters. The quantitative estimate of drug-likeness (QED) is 0.722. The van der Waals surface area contributed by atoms with Crippen LogP contribution in [0.3, 0.4) is 0 Å². The van der Waals surface area contributed by atoms with Gasteiger partial charge in [-0.25, -0.2) is 4.21 Å². The predicted octanol–water partition coefficient (Wildman–Crippen LogP) is 1.15. The second-order valence-electron chi connectivity index (χ2n) is 2.23. The van der Waals surface area contributed by atoms with E-state index in [1.165, 1.54) is 25.3 Å². The molecule has 1 aromatic carbocycles. The number of nitriles is 1. The SMILES string of the molecule is COc1ccc(C#N)cc1S(=O)O. The lowest BCUT2D eigenvalue weighted by molar-refractivity contribution is 0.402. The van der Waals surface area contributed by atoms with E-state index in [1.807, 2.05) is 6.07 Å². The summed E-state index contributed by atoms with van der Waals surface area (Å²) in [5, 5.41) is 8.54. The van der Waals surface area contributed by atoms with Gasteiger partial charge in [-0.2, -0.15) is 5.26 Å². The summed E-state index contributed by atoms with van der Waals surface area (Å²) in [4.78, 5) is 0.113. The van der Waals surface area contributed by atoms with Gasteiger partial charge in [0.25, 0.3) is 0 Å². The molecule has 1 N–H and O–H groups in total. The maximum Gasteiger partial charge on any atom is 0.190 e. The predicted molar refractivity (Wildman–Crippen MR) is 46.7 cm³/mol. The highest BCUT2D eigenvalue weighted by Crippen LogP contribution is 2.22. The summed E-state index contributed by atoms with van der Waals surface area (Å²) < 4.78 is 24.5. The molecule has 0 fully saturated rings. The van der Waals surface area contributed by atoms with Crippen molar-refractivity contribution < 1.29 is 13.5 Å². The van der Waals surface area contributed by atoms with Crippen LogP contribution >= 0.6 is 0 Å². The molecule has 0 spiro atoms. The average Bonchev–Trinajstić information content (AvgIpc) is 2.16. The Hall–Kier alpha value is -1.38. The first-order chi connectivity index (χ1) is 6.19. The van der Waals surface area contributed by atoms with E-state index in [4.69, 9.17) is 14.6 Å². The summed E-state index contributed by atoms with van der Waals surface area (Å²) in [5.74, 6) is 0.305. The topological polar surface area (TPSA) is 70.3 Å². The van der Waals surface area contributed by atoms with Crippen LogP contribution in [-0.4, -0.2) is 15.9 Å². The fraction of sp³-hybridized carbons (Fsp3) is 0.125. The first kappa shape index (κ1) is 9.71. The lowest BCUT2D eigenvalue weighted by atomic mass is 10.2. The molecule has 0 aliphatic rings. The van der Waals surface area contributed by atoms with E-state index in [9.17, 15) is 4.21 Å². The lowest BCUT2D eigenvalue weighted by Crippen LogP contribution is -1.95. The highest BCUT2D eigenvalue weighted by Gasteiger charge is 2.08. The molecule has 4 nitrogen and oxygen atoms in total. The van der Waals surface area contributed by atoms with Crippen LogP contribution in [-0.2, 0) is 11.1 Å². The van der Waals surface area contributed by atoms with E-state index in [2.05, 4.69) is 0 Å². The van der Waals surface area contributed by atoms with E-state index in [0.29, 0.717) is 11.3 Å². The van der Waals surface area contributed by atoms with Crippen LogP contribution < -0.4 is 4.74 Å². The van der Waals surface area contributed by atoms with Crippen molar-refractivity contribution in [3.63, 3.8) is 0 Å². The smallest absolute Gasteiger partial charge is 0.190 e. The number of ether oxygens (including phenoxy) is 1. The number of rotatable bonds is 2. The Labute approximate surface area is 78.0 Å². The van der Waals surface area contributed by atoms with Crippen LogP contribution in [0.15, 0.2) is 23.1 Å². The van der Waals surface area contributed by atoms with Crippen LogP contribution in [0.25, 0.3) is 0 Å². The molecular weight excluding hydrogens is 190 g/mol. The van der Waals surface area contributed by atoms with Crippen LogP contribution in [0.5, 0.6) is 5.75 Å². The van der Waals surface area contributed by atoms with E-state index >= 15 is 0 Å². The van der Waals surface area contributed by atoms with Gasteiger partial charge in [0.05, 0.1) is 18.7 Å². The third kappa shape index (κ3) is 2.05. The van der Waals surface area contributed by atoms with Gasteiger partial charge in [0.15, 0.2) is 11.1 Å². The standard InChI is InChI=1S/C8H7NO3S/c1-12-7-3-2-6(5-9)4-8(7)13(10)11/h2-4H,1H3,(H,10,11). The van der Waals surface area contributed by atoms with Crippen molar-refractivity contribution in [1.29, 1.82) is 5.26 Å². The molecule has 0 saturated carbocycles. The van der Waals surface area contributed by atoms with E-state index < -0.39 is 11.1 Å². The summed E-state index contributed by atoms with van der Waals surface area (Å²) in [5.41, 5.74) is 0.332. The van der Waals surface area contributed by atoms with Gasteiger partial charge in [-0.05, 0) is 18.2 Å². The molecule has 0 bridgehead atoms. The third-order valence-corrected chi connectivity index (χ3v) is 2.18. The summed E-state index contributed by atoms with van der Waals surface area (Å²) in [6, 6.07) is 6.21. The summed E-state index contributed by atoms with van der Waals surface area (Å²) in [6.45, 7) is 0. The fourth-order valence-electron chi connectivity index (χ4n) is 0.883. The first-order valence-electron chi connectivity index (χ1n) is 3.38. The second-order valence-corrected chi connectivity index (χ2v) is 3.16. The number of benzene rings is 1. The molecule has 5 heteroatoms. The number of methoxy groups -OCH3 is 1. The Morgan fingerprint density at radius 3 is 2.77 bits per heavy atom. The number of hydrogen-bond acceptors (Lipinski definition) is 3. The van der Waals surface area contributed by atoms with Crippen molar-refractivity contribution in [3.05, 3.63) is 23.8 Å². The Balaban J connectivity index is 3.28. The summed E-state index contributed by atoms with van der Waals surface area (Å²) >= 11 is -2.13. The molecule has 0 heterocycles. The van der Waals surface area contributed by atoms with Gasteiger partial charge < -0.3 is 9.29 Å². The van der Waals surface area contributed by atoms with E-state index in [1.54, 1.807) is 0 Å². The normalized spacial score (nSPS) is 11.8. The second kappa shape index (κ2) is 4.03. The van der Waals surface area contributed by atoms with Crippen LogP contribution in [0.4, 0.5) is 0 Å². The zero-order valence-electron chi connectivity index (χ0n) is 6.85. The Morgan fingerprint density at radius 2 is 2.31 bits per heavy atom. The molecule has 68 valence electrons. The van der Waals surface area contributed by atoms with Gasteiger partial charge in [0, 0.05) is 0 Å². The van der Waals surface area contributed by atoms with E-state index in [-0.39, 0.29) is 4.90 Å². The molecule has 0 radical (unpaired) electrons. The average molecular weight is 197 g/mol. The van der Waals surface area contributed by atoms with Crippen molar-refractivity contribution in [1.82, 2.24) is 0 Å². The van der Waals surface area contributed by atoms with Crippen molar-refractivity contribution in [2.75, 3.05) is 7.11 Å². The minimum Gasteiger partial charge on any atom is -0.495 e. The van der Waals surface area contributed by atoms with Crippen molar-refractivity contribution in [3.8, 4) is 11.8 Å². The largest absolute Gasteiger partial charge is 0.495 e. The van der Waals surface area contributed by atoms with Gasteiger partial charge in [-0.1, -0.05) is 0 Å². The molecule has 0 aliphatic heterocycles. The van der Waals surface area contributed by atoms with Gasteiger partial charge >= 0.3 is 0 Å². The van der Waals surface area contributed by atoms with Crippen molar-refractivity contribution in [2.24, 2.45) is 0 Å². The summed E-state index contributed by atoms with van der Waals surface area (Å²) in [7, 11) is 1.40. The molecule has 13 heavy (non-hydrogen) atoms. The fourth-order valence-corrected chi connectivity index (χ4v) is 1.43. The van der Waals surface area contributed by atoms with Crippen LogP contribution in [0.1, 0.15) is 5.56 Å². The third-order valence-electron chi connectivity index (χ3n) is 1.48. The zero-order chi connectivity index (χ0) is 9.84. The molecule has 0 saturated heterocycles. The van der Waals surface area contributed by atoms with E-state index in [0.717, 1.165) is 0 Å². The number of hydrogen-bond donors (Lipinski definition) is 1. The zero-order valence-corrected chi connectivity index (χ0v) is 7.67. The highest BCUT2D eigenvalue weighted by atomic mass is 32.2. The monoisotopic (exact) mass is 197 g/mol. The molecular formula is C8H7NO3S. The molecule has 1 atom stereocenters. The van der Waals surface area contributed by atoms with Gasteiger partial charge in [0.2, 0.25) is 0 Å². The van der Waals surface area contributed by atoms with Gasteiger partial charge in [-0.3, -0.25) is 0 Å². The highest BCUT2D eigenvalue weighted by molar-refractivity contribution is 7.79. The molecule has 1 aromatic rings. The minimum atomic E-state index is -2.13.